The smallest absolute Gasteiger partial charge is 0.338 e. The van der Waals surface area contributed by atoms with Crippen LogP contribution in [0.15, 0.2) is 48.5 Å². The molecule has 3 rings (SSSR count). The van der Waals surface area contributed by atoms with Crippen molar-refractivity contribution in [1.82, 2.24) is 5.32 Å². The van der Waals surface area contributed by atoms with Crippen LogP contribution in [0.5, 0.6) is 0 Å². The summed E-state index contributed by atoms with van der Waals surface area (Å²) in [6.07, 6.45) is 1.36. The van der Waals surface area contributed by atoms with Gasteiger partial charge < -0.3 is 20.3 Å². The van der Waals surface area contributed by atoms with E-state index in [4.69, 9.17) is 4.74 Å². The van der Waals surface area contributed by atoms with E-state index in [2.05, 4.69) is 10.6 Å². The molecule has 29 heavy (non-hydrogen) atoms. The van der Waals surface area contributed by atoms with Gasteiger partial charge in [-0.05, 0) is 48.9 Å². The van der Waals surface area contributed by atoms with E-state index >= 15 is 0 Å². The Morgan fingerprint density at radius 3 is 2.48 bits per heavy atom. The highest BCUT2D eigenvalue weighted by Crippen LogP contribution is 2.21. The third-order valence-electron chi connectivity index (χ3n) is 4.46. The van der Waals surface area contributed by atoms with Crippen LogP contribution in [-0.4, -0.2) is 43.9 Å². The molecule has 0 spiro atoms. The van der Waals surface area contributed by atoms with Crippen molar-refractivity contribution in [1.29, 1.82) is 0 Å². The molecule has 1 heterocycles. The largest absolute Gasteiger partial charge is 0.452 e. The Bertz CT molecular complexity index is 940. The number of hydrogen-bond donors (Lipinski definition) is 2. The second kappa shape index (κ2) is 9.01. The number of hydrogen-bond acceptors (Lipinski definition) is 5. The molecule has 8 nitrogen and oxygen atoms in total. The van der Waals surface area contributed by atoms with Crippen LogP contribution in [0.3, 0.4) is 0 Å². The SMILES string of the molecule is CNC(=O)c1cccc(NC(=O)COC(=O)c2ccc(N3CCCC3=O)cc2)c1. The van der Waals surface area contributed by atoms with Gasteiger partial charge in [0, 0.05) is 37.0 Å². The molecule has 2 N–H and O–H groups in total. The molecule has 1 aliphatic heterocycles. The lowest BCUT2D eigenvalue weighted by molar-refractivity contribution is -0.119. The molecule has 0 radical (unpaired) electrons. The number of carbonyl (C=O) groups is 4. The van der Waals surface area contributed by atoms with Crippen molar-refractivity contribution < 1.29 is 23.9 Å². The second-order valence-electron chi connectivity index (χ2n) is 6.48. The predicted octanol–water partition coefficient (Wildman–Crippen LogP) is 1.97. The molecule has 2 aromatic rings. The fourth-order valence-electron chi connectivity index (χ4n) is 2.99. The third-order valence-corrected chi connectivity index (χ3v) is 4.46. The highest BCUT2D eigenvalue weighted by Gasteiger charge is 2.22. The van der Waals surface area contributed by atoms with Crippen molar-refractivity contribution in [3.8, 4) is 0 Å². The molecule has 1 saturated heterocycles. The fourth-order valence-corrected chi connectivity index (χ4v) is 2.99. The lowest BCUT2D eigenvalue weighted by Crippen LogP contribution is -2.24. The minimum atomic E-state index is -0.640. The number of anilines is 2. The number of rotatable bonds is 6. The first-order valence-corrected chi connectivity index (χ1v) is 9.17. The number of esters is 1. The van der Waals surface area contributed by atoms with Crippen molar-refractivity contribution in [2.24, 2.45) is 0 Å². The molecule has 0 saturated carbocycles. The van der Waals surface area contributed by atoms with Gasteiger partial charge in [0.05, 0.1) is 5.56 Å². The molecule has 0 aliphatic carbocycles. The van der Waals surface area contributed by atoms with E-state index in [-0.39, 0.29) is 17.4 Å². The average Bonchev–Trinajstić information content (AvgIpc) is 3.17. The van der Waals surface area contributed by atoms with E-state index in [0.29, 0.717) is 24.2 Å². The van der Waals surface area contributed by atoms with E-state index in [1.807, 2.05) is 0 Å². The van der Waals surface area contributed by atoms with Crippen LogP contribution in [0, 0.1) is 0 Å². The van der Waals surface area contributed by atoms with E-state index in [0.717, 1.165) is 12.1 Å². The summed E-state index contributed by atoms with van der Waals surface area (Å²) < 4.78 is 5.04. The average molecular weight is 395 g/mol. The zero-order valence-electron chi connectivity index (χ0n) is 15.9. The lowest BCUT2D eigenvalue weighted by atomic mass is 10.2. The number of ether oxygens (including phenoxy) is 1. The second-order valence-corrected chi connectivity index (χ2v) is 6.48. The monoisotopic (exact) mass is 395 g/mol. The van der Waals surface area contributed by atoms with Crippen LogP contribution >= 0.6 is 0 Å². The number of amides is 3. The topological polar surface area (TPSA) is 105 Å². The number of nitrogens with one attached hydrogen (secondary N) is 2. The zero-order valence-corrected chi connectivity index (χ0v) is 15.9. The van der Waals surface area contributed by atoms with Gasteiger partial charge in [-0.15, -0.1) is 0 Å². The molecule has 1 fully saturated rings. The fraction of sp³-hybridized carbons (Fsp3) is 0.238. The molecule has 1 aliphatic rings. The summed E-state index contributed by atoms with van der Waals surface area (Å²) in [5.41, 5.74) is 1.85. The van der Waals surface area contributed by atoms with Crippen LogP contribution in [-0.2, 0) is 14.3 Å². The van der Waals surface area contributed by atoms with E-state index < -0.39 is 18.5 Å². The Morgan fingerprint density at radius 1 is 1.07 bits per heavy atom. The molecule has 0 aromatic heterocycles. The predicted molar refractivity (Wildman–Crippen MR) is 107 cm³/mol. The Labute approximate surface area is 167 Å². The summed E-state index contributed by atoms with van der Waals surface area (Å²) in [6, 6.07) is 12.9. The summed E-state index contributed by atoms with van der Waals surface area (Å²) in [5.74, 6) is -1.37. The van der Waals surface area contributed by atoms with Crippen molar-refractivity contribution in [2.75, 3.05) is 30.4 Å². The van der Waals surface area contributed by atoms with Crippen molar-refractivity contribution in [3.05, 3.63) is 59.7 Å². The Kier molecular flexibility index (Phi) is 6.23. The standard InChI is InChI=1S/C21H21N3O5/c1-22-20(27)15-4-2-5-16(12-15)23-18(25)13-29-21(28)14-7-9-17(10-8-14)24-11-3-6-19(24)26/h2,4-5,7-10,12H,3,6,11,13H2,1H3,(H,22,27)(H,23,25). The maximum absolute atomic E-state index is 12.1. The molecule has 0 atom stereocenters. The van der Waals surface area contributed by atoms with Crippen LogP contribution < -0.4 is 15.5 Å². The van der Waals surface area contributed by atoms with Gasteiger partial charge in [0.25, 0.3) is 11.8 Å². The van der Waals surface area contributed by atoms with Crippen molar-refractivity contribution in [2.45, 2.75) is 12.8 Å². The Morgan fingerprint density at radius 2 is 1.83 bits per heavy atom. The summed E-state index contributed by atoms with van der Waals surface area (Å²) in [7, 11) is 1.52. The Balaban J connectivity index is 1.53. The minimum Gasteiger partial charge on any atom is -0.452 e. The molecule has 150 valence electrons. The summed E-state index contributed by atoms with van der Waals surface area (Å²) in [6.45, 7) is 0.208. The van der Waals surface area contributed by atoms with Gasteiger partial charge in [-0.25, -0.2) is 4.79 Å². The highest BCUT2D eigenvalue weighted by atomic mass is 16.5. The van der Waals surface area contributed by atoms with Crippen LogP contribution in [0.25, 0.3) is 0 Å². The zero-order chi connectivity index (χ0) is 20.8. The number of carbonyl (C=O) groups excluding carboxylic acids is 4. The minimum absolute atomic E-state index is 0.0671. The third kappa shape index (κ3) is 4.98. The molecule has 3 amide bonds. The maximum Gasteiger partial charge on any atom is 0.338 e. The maximum atomic E-state index is 12.1. The van der Waals surface area contributed by atoms with Gasteiger partial charge in [-0.3, -0.25) is 14.4 Å². The van der Waals surface area contributed by atoms with Crippen molar-refractivity contribution in [3.63, 3.8) is 0 Å². The van der Waals surface area contributed by atoms with Crippen LogP contribution in [0.1, 0.15) is 33.6 Å². The van der Waals surface area contributed by atoms with Gasteiger partial charge >= 0.3 is 5.97 Å². The van der Waals surface area contributed by atoms with E-state index in [1.165, 1.54) is 13.1 Å². The molecule has 0 bridgehead atoms. The molecular weight excluding hydrogens is 374 g/mol. The normalized spacial score (nSPS) is 13.1. The molecule has 2 aromatic carbocycles. The van der Waals surface area contributed by atoms with Crippen LogP contribution in [0.4, 0.5) is 11.4 Å². The Hall–Kier alpha value is -3.68. The molecular formula is C21H21N3O5. The summed E-state index contributed by atoms with van der Waals surface area (Å²) in [4.78, 5) is 49.2. The van der Waals surface area contributed by atoms with Crippen molar-refractivity contribution >= 4 is 35.1 Å². The van der Waals surface area contributed by atoms with E-state index in [9.17, 15) is 19.2 Å². The van der Waals surface area contributed by atoms with Gasteiger partial charge in [-0.1, -0.05) is 6.07 Å². The molecule has 0 unspecified atom stereocenters. The first-order valence-electron chi connectivity index (χ1n) is 9.17. The molecule has 8 heteroatoms. The van der Waals surface area contributed by atoms with E-state index in [1.54, 1.807) is 47.4 Å². The van der Waals surface area contributed by atoms with Gasteiger partial charge in [0.15, 0.2) is 6.61 Å². The van der Waals surface area contributed by atoms with Crippen LogP contribution in [0.2, 0.25) is 0 Å². The summed E-state index contributed by atoms with van der Waals surface area (Å²) in [5, 5.41) is 5.08. The number of benzene rings is 2. The van der Waals surface area contributed by atoms with Gasteiger partial charge in [0.2, 0.25) is 5.91 Å². The number of nitrogens with zero attached hydrogens (tertiary/aromatic N) is 1. The van der Waals surface area contributed by atoms with Gasteiger partial charge in [0.1, 0.15) is 0 Å². The first kappa shape index (κ1) is 20.1. The first-order chi connectivity index (χ1) is 14.0. The van der Waals surface area contributed by atoms with Gasteiger partial charge in [-0.2, -0.15) is 0 Å². The lowest BCUT2D eigenvalue weighted by Gasteiger charge is -2.15. The quantitative estimate of drug-likeness (QED) is 0.728. The summed E-state index contributed by atoms with van der Waals surface area (Å²) >= 11 is 0. The highest BCUT2D eigenvalue weighted by molar-refractivity contribution is 5.99.